The molecule has 0 amide bonds. The molecule has 1 aromatic carbocycles. The fraction of sp³-hybridized carbons (Fsp3) is 0.300. The number of nitrogens with zero attached hydrogens (tertiary/aromatic N) is 1. The molecule has 75 valence electrons. The van der Waals surface area contributed by atoms with E-state index in [1.54, 1.807) is 12.1 Å². The van der Waals surface area contributed by atoms with Crippen LogP contribution in [0.1, 0.15) is 19.4 Å². The lowest BCUT2D eigenvalue weighted by Gasteiger charge is -2.09. The van der Waals surface area contributed by atoms with E-state index >= 15 is 0 Å². The van der Waals surface area contributed by atoms with E-state index in [4.69, 9.17) is 4.74 Å². The number of nitro groups is 1. The molecule has 14 heavy (non-hydrogen) atoms. The topological polar surface area (TPSA) is 52.4 Å². The maximum Gasteiger partial charge on any atom is 0.311 e. The monoisotopic (exact) mass is 194 g/mol. The number of nitro benzene ring substituents is 1. The summed E-state index contributed by atoms with van der Waals surface area (Å²) in [6.07, 6.45) is -0.0793. The predicted octanol–water partition coefficient (Wildman–Crippen LogP) is 2.56. The molecule has 1 aromatic rings. The third-order valence-corrected chi connectivity index (χ3v) is 1.58. The van der Waals surface area contributed by atoms with Crippen LogP contribution in [0.25, 0.3) is 0 Å². The number of ether oxygens (including phenoxy) is 1. The minimum atomic E-state index is -0.466. The predicted molar refractivity (Wildman–Crippen MR) is 53.3 cm³/mol. The van der Waals surface area contributed by atoms with Crippen LogP contribution in [0.2, 0.25) is 0 Å². The van der Waals surface area contributed by atoms with Crippen molar-refractivity contribution in [3.05, 3.63) is 40.8 Å². The Morgan fingerprint density at radius 1 is 1.50 bits per heavy atom. The van der Waals surface area contributed by atoms with Crippen molar-refractivity contribution in [1.29, 1.82) is 0 Å². The van der Waals surface area contributed by atoms with Gasteiger partial charge in [0.25, 0.3) is 0 Å². The van der Waals surface area contributed by atoms with Crippen molar-refractivity contribution in [1.82, 2.24) is 0 Å². The second-order valence-corrected chi connectivity index (χ2v) is 3.23. The zero-order chi connectivity index (χ0) is 10.7. The van der Waals surface area contributed by atoms with Gasteiger partial charge in [-0.15, -0.1) is 0 Å². The smallest absolute Gasteiger partial charge is 0.311 e. The molecule has 0 heterocycles. The van der Waals surface area contributed by atoms with Crippen LogP contribution < -0.4 is 4.74 Å². The van der Waals surface area contributed by atoms with Crippen molar-refractivity contribution in [2.75, 3.05) is 0 Å². The Kier molecular flexibility index (Phi) is 3.06. The second-order valence-electron chi connectivity index (χ2n) is 3.23. The van der Waals surface area contributed by atoms with Crippen molar-refractivity contribution >= 4 is 5.69 Å². The summed E-state index contributed by atoms with van der Waals surface area (Å²) in [5, 5.41) is 10.7. The SMILES string of the molecule is [CH2]c1ccc(OC(C)C)c([N+](=O)[O-])c1. The highest BCUT2D eigenvalue weighted by atomic mass is 16.6. The molecule has 0 aliphatic rings. The lowest BCUT2D eigenvalue weighted by molar-refractivity contribution is -0.386. The molecule has 0 unspecified atom stereocenters. The molecule has 0 N–H and O–H groups in total. The van der Waals surface area contributed by atoms with E-state index < -0.39 is 4.92 Å². The summed E-state index contributed by atoms with van der Waals surface area (Å²) >= 11 is 0. The van der Waals surface area contributed by atoms with Crippen LogP contribution in [0.3, 0.4) is 0 Å². The van der Waals surface area contributed by atoms with Gasteiger partial charge in [0.2, 0.25) is 0 Å². The Hall–Kier alpha value is -1.58. The summed E-state index contributed by atoms with van der Waals surface area (Å²) in [6.45, 7) is 7.27. The molecule has 0 aliphatic carbocycles. The molecule has 0 spiro atoms. The van der Waals surface area contributed by atoms with Crippen LogP contribution >= 0.6 is 0 Å². The Morgan fingerprint density at radius 3 is 2.64 bits per heavy atom. The van der Waals surface area contributed by atoms with E-state index in [1.807, 2.05) is 13.8 Å². The van der Waals surface area contributed by atoms with E-state index in [0.29, 0.717) is 5.56 Å². The molecule has 1 rings (SSSR count). The van der Waals surface area contributed by atoms with Crippen LogP contribution in [0.15, 0.2) is 18.2 Å². The normalized spacial score (nSPS) is 10.3. The number of hydrogen-bond donors (Lipinski definition) is 0. The number of rotatable bonds is 3. The summed E-state index contributed by atoms with van der Waals surface area (Å²) in [6, 6.07) is 4.66. The van der Waals surface area contributed by atoms with Crippen molar-refractivity contribution in [3.8, 4) is 5.75 Å². The summed E-state index contributed by atoms with van der Waals surface area (Å²) in [5.74, 6) is 0.289. The van der Waals surface area contributed by atoms with Gasteiger partial charge in [-0.1, -0.05) is 6.07 Å². The van der Waals surface area contributed by atoms with Crippen molar-refractivity contribution < 1.29 is 9.66 Å². The van der Waals surface area contributed by atoms with Crippen LogP contribution in [0, 0.1) is 17.0 Å². The van der Waals surface area contributed by atoms with Gasteiger partial charge in [0.15, 0.2) is 5.75 Å². The van der Waals surface area contributed by atoms with Crippen LogP contribution in [0.4, 0.5) is 5.69 Å². The minimum absolute atomic E-state index is 0.0359. The third-order valence-electron chi connectivity index (χ3n) is 1.58. The van der Waals surface area contributed by atoms with E-state index in [1.165, 1.54) is 6.07 Å². The third kappa shape index (κ3) is 2.45. The van der Waals surface area contributed by atoms with Gasteiger partial charge >= 0.3 is 5.69 Å². The molecule has 0 aromatic heterocycles. The molecule has 0 atom stereocenters. The highest BCUT2D eigenvalue weighted by molar-refractivity contribution is 5.49. The highest BCUT2D eigenvalue weighted by Gasteiger charge is 2.15. The average molecular weight is 194 g/mol. The maximum absolute atomic E-state index is 10.7. The number of benzene rings is 1. The first kappa shape index (κ1) is 10.5. The quantitative estimate of drug-likeness (QED) is 0.548. The first-order valence-electron chi connectivity index (χ1n) is 4.27. The molecule has 0 saturated heterocycles. The Morgan fingerprint density at radius 2 is 2.14 bits per heavy atom. The van der Waals surface area contributed by atoms with Crippen molar-refractivity contribution in [2.24, 2.45) is 0 Å². The van der Waals surface area contributed by atoms with Gasteiger partial charge in [0.1, 0.15) is 0 Å². The lowest BCUT2D eigenvalue weighted by Crippen LogP contribution is -2.07. The Balaban J connectivity index is 3.08. The van der Waals surface area contributed by atoms with Gasteiger partial charge in [-0.05, 0) is 32.4 Å². The van der Waals surface area contributed by atoms with Crippen molar-refractivity contribution in [2.45, 2.75) is 20.0 Å². The molecule has 0 aliphatic heterocycles. The largest absolute Gasteiger partial charge is 0.484 e. The van der Waals surface area contributed by atoms with E-state index in [2.05, 4.69) is 6.92 Å². The van der Waals surface area contributed by atoms with E-state index in [9.17, 15) is 10.1 Å². The zero-order valence-electron chi connectivity index (χ0n) is 8.19. The van der Waals surface area contributed by atoms with Gasteiger partial charge in [-0.2, -0.15) is 0 Å². The van der Waals surface area contributed by atoms with Gasteiger partial charge < -0.3 is 4.74 Å². The number of hydrogen-bond acceptors (Lipinski definition) is 3. The Bertz CT molecular complexity index is 347. The molecule has 0 bridgehead atoms. The molecular formula is C10H12NO3. The van der Waals surface area contributed by atoms with Crippen molar-refractivity contribution in [3.63, 3.8) is 0 Å². The van der Waals surface area contributed by atoms with Gasteiger partial charge in [0, 0.05) is 6.07 Å². The van der Waals surface area contributed by atoms with Crippen LogP contribution in [-0.2, 0) is 0 Å². The summed E-state index contributed by atoms with van der Waals surface area (Å²) in [5.41, 5.74) is 0.569. The van der Waals surface area contributed by atoms with Crippen LogP contribution in [-0.4, -0.2) is 11.0 Å². The van der Waals surface area contributed by atoms with E-state index in [0.717, 1.165) is 0 Å². The van der Waals surface area contributed by atoms with Gasteiger partial charge in [-0.3, -0.25) is 10.1 Å². The molecular weight excluding hydrogens is 182 g/mol. The first-order valence-corrected chi connectivity index (χ1v) is 4.27. The summed E-state index contributed by atoms with van der Waals surface area (Å²) in [4.78, 5) is 10.2. The highest BCUT2D eigenvalue weighted by Crippen LogP contribution is 2.28. The maximum atomic E-state index is 10.7. The van der Waals surface area contributed by atoms with Crippen LogP contribution in [0.5, 0.6) is 5.75 Å². The zero-order valence-corrected chi connectivity index (χ0v) is 8.19. The molecule has 0 fully saturated rings. The summed E-state index contributed by atoms with van der Waals surface area (Å²) < 4.78 is 5.29. The minimum Gasteiger partial charge on any atom is -0.484 e. The van der Waals surface area contributed by atoms with Gasteiger partial charge in [0.05, 0.1) is 11.0 Å². The molecule has 4 nitrogen and oxygen atoms in total. The standard InChI is InChI=1S/C10H12NO3/c1-7(2)14-10-5-4-8(3)6-9(10)11(12)13/h4-7H,3H2,1-2H3. The fourth-order valence-corrected chi connectivity index (χ4v) is 1.06. The average Bonchev–Trinajstić information content (AvgIpc) is 2.07. The fourth-order valence-electron chi connectivity index (χ4n) is 1.06. The second kappa shape index (κ2) is 4.09. The molecule has 1 radical (unpaired) electrons. The lowest BCUT2D eigenvalue weighted by atomic mass is 10.2. The Labute approximate surface area is 82.7 Å². The van der Waals surface area contributed by atoms with Gasteiger partial charge in [-0.25, -0.2) is 0 Å². The van der Waals surface area contributed by atoms with E-state index in [-0.39, 0.29) is 17.5 Å². The molecule has 0 saturated carbocycles. The first-order chi connectivity index (χ1) is 6.50. The summed E-state index contributed by atoms with van der Waals surface area (Å²) in [7, 11) is 0. The molecule has 4 heteroatoms.